The molecule has 0 spiro atoms. The van der Waals surface area contributed by atoms with Crippen LogP contribution in [0.25, 0.3) is 0 Å². The van der Waals surface area contributed by atoms with Crippen molar-refractivity contribution in [2.45, 2.75) is 89.2 Å². The van der Waals surface area contributed by atoms with Crippen molar-refractivity contribution in [3.05, 3.63) is 70.5 Å². The van der Waals surface area contributed by atoms with Crippen LogP contribution >= 0.6 is 0 Å². The molecule has 2 aromatic carbocycles. The van der Waals surface area contributed by atoms with Crippen LogP contribution in [0.3, 0.4) is 0 Å². The minimum atomic E-state index is -0.562. The van der Waals surface area contributed by atoms with E-state index in [0.717, 1.165) is 18.5 Å². The van der Waals surface area contributed by atoms with Crippen molar-refractivity contribution in [1.29, 1.82) is 0 Å². The molecule has 4 atom stereocenters. The largest absolute Gasteiger partial charge is 0.388 e. The van der Waals surface area contributed by atoms with Crippen molar-refractivity contribution in [2.24, 2.45) is 5.92 Å². The van der Waals surface area contributed by atoms with Crippen LogP contribution in [0.2, 0.25) is 0 Å². The number of hydrogen-bond donors (Lipinski definition) is 2. The molecule has 1 saturated carbocycles. The number of hydrogen-bond acceptors (Lipinski definition) is 2. The highest BCUT2D eigenvalue weighted by molar-refractivity contribution is 5.42. The van der Waals surface area contributed by atoms with Crippen LogP contribution in [-0.2, 0) is 11.8 Å². The lowest BCUT2D eigenvalue weighted by Gasteiger charge is -2.56. The molecule has 3 heteroatoms. The van der Waals surface area contributed by atoms with Crippen LogP contribution in [0.1, 0.15) is 94.1 Å². The zero-order chi connectivity index (χ0) is 22.2. The van der Waals surface area contributed by atoms with Crippen LogP contribution in [-0.4, -0.2) is 17.2 Å². The minimum Gasteiger partial charge on any atom is -0.388 e. The van der Waals surface area contributed by atoms with E-state index in [0.29, 0.717) is 18.3 Å². The van der Waals surface area contributed by atoms with Gasteiger partial charge in [0.25, 0.3) is 0 Å². The Hall–Kier alpha value is -1.71. The Morgan fingerprint density at radius 2 is 1.77 bits per heavy atom. The van der Waals surface area contributed by atoms with E-state index in [1.165, 1.54) is 43.4 Å². The number of nitrogens with one attached hydrogen (secondary N) is 1. The molecule has 168 valence electrons. The summed E-state index contributed by atoms with van der Waals surface area (Å²) in [5.74, 6) is 0.900. The van der Waals surface area contributed by atoms with E-state index in [4.69, 9.17) is 0 Å². The summed E-state index contributed by atoms with van der Waals surface area (Å²) < 4.78 is 13.2. The average Bonchev–Trinajstić information content (AvgIpc) is 2.73. The van der Waals surface area contributed by atoms with Crippen molar-refractivity contribution in [3.63, 3.8) is 0 Å². The predicted octanol–water partition coefficient (Wildman–Crippen LogP) is 6.43. The fourth-order valence-corrected chi connectivity index (χ4v) is 6.43. The van der Waals surface area contributed by atoms with Crippen LogP contribution in [0.15, 0.2) is 42.5 Å². The molecule has 0 saturated heterocycles. The van der Waals surface area contributed by atoms with E-state index < -0.39 is 6.10 Å². The second kappa shape index (κ2) is 8.67. The number of aryl methyl sites for hydroxylation is 1. The van der Waals surface area contributed by atoms with E-state index in [9.17, 15) is 9.50 Å². The Morgan fingerprint density at radius 1 is 1.06 bits per heavy atom. The zero-order valence-electron chi connectivity index (χ0n) is 19.5. The standard InChI is InChI=1S/C28H38FNO/c1-19(2)21-8-12-24-22(18-21)9-13-26-27(24,3)15-5-16-28(26,4)30-17-14-25(31)20-6-10-23(29)11-7-20/h6-8,10-12,18-19,25-26,30-31H,5,9,13-17H2,1-4H3/t25?,26?,27-,28-/m1/s1. The molecule has 0 aliphatic heterocycles. The molecule has 0 amide bonds. The average molecular weight is 424 g/mol. The monoisotopic (exact) mass is 423 g/mol. The highest BCUT2D eigenvalue weighted by Crippen LogP contribution is 2.53. The van der Waals surface area contributed by atoms with Gasteiger partial charge in [-0.3, -0.25) is 0 Å². The molecule has 31 heavy (non-hydrogen) atoms. The summed E-state index contributed by atoms with van der Waals surface area (Å²) >= 11 is 0. The van der Waals surface area contributed by atoms with Gasteiger partial charge >= 0.3 is 0 Å². The highest BCUT2D eigenvalue weighted by atomic mass is 19.1. The third-order valence-electron chi connectivity index (χ3n) is 8.25. The lowest BCUT2D eigenvalue weighted by Crippen LogP contribution is -2.60. The maximum absolute atomic E-state index is 13.2. The first-order valence-electron chi connectivity index (χ1n) is 12.0. The molecule has 0 aromatic heterocycles. The number of fused-ring (bicyclic) bond motifs is 3. The molecule has 0 radical (unpaired) electrons. The minimum absolute atomic E-state index is 0.0733. The van der Waals surface area contributed by atoms with E-state index in [-0.39, 0.29) is 16.8 Å². The van der Waals surface area contributed by atoms with Crippen LogP contribution in [0.5, 0.6) is 0 Å². The Bertz CT molecular complexity index is 908. The number of aliphatic hydroxyl groups is 1. The second-order valence-corrected chi connectivity index (χ2v) is 10.6. The SMILES string of the molecule is CC(C)c1ccc2c(c1)CCC1[C@](C)(NCCC(O)c3ccc(F)cc3)CCC[C@]21C. The van der Waals surface area contributed by atoms with Gasteiger partial charge < -0.3 is 10.4 Å². The van der Waals surface area contributed by atoms with Crippen molar-refractivity contribution in [3.8, 4) is 0 Å². The Kier molecular flexibility index (Phi) is 6.29. The van der Waals surface area contributed by atoms with E-state index in [2.05, 4.69) is 51.2 Å². The number of aliphatic hydroxyl groups excluding tert-OH is 1. The number of rotatable bonds is 6. The summed E-state index contributed by atoms with van der Waals surface area (Å²) in [7, 11) is 0. The lowest BCUT2D eigenvalue weighted by molar-refractivity contribution is 0.0584. The molecule has 2 aliphatic carbocycles. The van der Waals surface area contributed by atoms with Gasteiger partial charge in [-0.2, -0.15) is 0 Å². The fraction of sp³-hybridized carbons (Fsp3) is 0.571. The van der Waals surface area contributed by atoms with Gasteiger partial charge in [0, 0.05) is 5.54 Å². The molecule has 1 fully saturated rings. The molecule has 2 unspecified atom stereocenters. The van der Waals surface area contributed by atoms with Crippen LogP contribution in [0, 0.1) is 11.7 Å². The first-order chi connectivity index (χ1) is 14.7. The normalized spacial score (nSPS) is 28.8. The van der Waals surface area contributed by atoms with Gasteiger partial charge in [-0.15, -0.1) is 0 Å². The summed E-state index contributed by atoms with van der Waals surface area (Å²) in [4.78, 5) is 0. The van der Waals surface area contributed by atoms with Gasteiger partial charge in [0.15, 0.2) is 0 Å². The second-order valence-electron chi connectivity index (χ2n) is 10.6. The number of benzene rings is 2. The molecule has 2 aromatic rings. The third-order valence-corrected chi connectivity index (χ3v) is 8.25. The maximum Gasteiger partial charge on any atom is 0.123 e. The molecular weight excluding hydrogens is 385 g/mol. The molecule has 0 heterocycles. The van der Waals surface area contributed by atoms with Gasteiger partial charge in [0.05, 0.1) is 6.10 Å². The topological polar surface area (TPSA) is 32.3 Å². The first kappa shape index (κ1) is 22.5. The smallest absolute Gasteiger partial charge is 0.123 e. The quantitative estimate of drug-likeness (QED) is 0.561. The molecule has 2 nitrogen and oxygen atoms in total. The van der Waals surface area contributed by atoms with E-state index in [1.807, 2.05) is 0 Å². The Morgan fingerprint density at radius 3 is 2.48 bits per heavy atom. The van der Waals surface area contributed by atoms with E-state index in [1.54, 1.807) is 23.3 Å². The van der Waals surface area contributed by atoms with Crippen LogP contribution < -0.4 is 5.32 Å². The Labute approximate surface area is 187 Å². The van der Waals surface area contributed by atoms with Crippen molar-refractivity contribution in [2.75, 3.05) is 6.54 Å². The third kappa shape index (κ3) is 4.32. The van der Waals surface area contributed by atoms with Crippen LogP contribution in [0.4, 0.5) is 4.39 Å². The first-order valence-corrected chi connectivity index (χ1v) is 12.0. The molecule has 0 bridgehead atoms. The summed E-state index contributed by atoms with van der Waals surface area (Å²) in [5, 5.41) is 14.4. The molecular formula is C28H38FNO. The summed E-state index contributed by atoms with van der Waals surface area (Å²) in [5.41, 5.74) is 5.64. The maximum atomic E-state index is 13.2. The molecule has 4 rings (SSSR count). The van der Waals surface area contributed by atoms with Gasteiger partial charge in [-0.05, 0) is 97.2 Å². The van der Waals surface area contributed by atoms with Gasteiger partial charge in [0.2, 0.25) is 0 Å². The molecule has 2 N–H and O–H groups in total. The van der Waals surface area contributed by atoms with Gasteiger partial charge in [0.1, 0.15) is 5.82 Å². The lowest BCUT2D eigenvalue weighted by atomic mass is 9.52. The predicted molar refractivity (Wildman–Crippen MR) is 126 cm³/mol. The summed E-state index contributed by atoms with van der Waals surface area (Å²) in [6.07, 6.45) is 6.11. The van der Waals surface area contributed by atoms with Crippen molar-refractivity contribution in [1.82, 2.24) is 5.32 Å². The fourth-order valence-electron chi connectivity index (χ4n) is 6.43. The summed E-state index contributed by atoms with van der Waals surface area (Å²) in [6.45, 7) is 10.2. The van der Waals surface area contributed by atoms with Crippen molar-refractivity contribution < 1.29 is 9.50 Å². The van der Waals surface area contributed by atoms with Gasteiger partial charge in [-0.1, -0.05) is 57.5 Å². The molecule has 2 aliphatic rings. The summed E-state index contributed by atoms with van der Waals surface area (Å²) in [6, 6.07) is 13.4. The zero-order valence-corrected chi connectivity index (χ0v) is 19.5. The van der Waals surface area contributed by atoms with E-state index >= 15 is 0 Å². The highest BCUT2D eigenvalue weighted by Gasteiger charge is 2.51. The van der Waals surface area contributed by atoms with Gasteiger partial charge in [-0.25, -0.2) is 4.39 Å². The van der Waals surface area contributed by atoms with Crippen molar-refractivity contribution >= 4 is 0 Å². The number of halogens is 1. The Balaban J connectivity index is 1.47.